The Hall–Kier alpha value is -0.870. The molecule has 2 rings (SSSR count). The van der Waals surface area contributed by atoms with E-state index in [1.165, 1.54) is 10.9 Å². The quantitative estimate of drug-likeness (QED) is 0.927. The van der Waals surface area contributed by atoms with Crippen LogP contribution in [0, 0.1) is 0 Å². The summed E-state index contributed by atoms with van der Waals surface area (Å²) < 4.78 is 3.02. The smallest absolute Gasteiger partial charge is 0.0704 e. The minimum absolute atomic E-state index is 0.714. The first kappa shape index (κ1) is 10.6. The van der Waals surface area contributed by atoms with Gasteiger partial charge >= 0.3 is 0 Å². The maximum Gasteiger partial charge on any atom is 0.0704 e. The van der Waals surface area contributed by atoms with Crippen LogP contribution in [0.2, 0.25) is 0 Å². The summed E-state index contributed by atoms with van der Waals surface area (Å²) in [5, 5.41) is 5.73. The van der Waals surface area contributed by atoms with Crippen LogP contribution in [0.5, 0.6) is 0 Å². The number of fused-ring (bicyclic) bond motifs is 1. The van der Waals surface area contributed by atoms with Crippen molar-refractivity contribution < 1.29 is 0 Å². The van der Waals surface area contributed by atoms with Crippen molar-refractivity contribution in [1.29, 1.82) is 0 Å². The Kier molecular flexibility index (Phi) is 3.07. The molecule has 0 radical (unpaired) electrons. The number of halogens is 1. The molecular formula is C11H14BrN3. The second-order valence-electron chi connectivity index (χ2n) is 3.62. The number of aryl methyl sites for hydroxylation is 2. The summed E-state index contributed by atoms with van der Waals surface area (Å²) in [7, 11) is 1.97. The lowest BCUT2D eigenvalue weighted by molar-refractivity contribution is 0.739. The molecule has 0 unspecified atom stereocenters. The lowest BCUT2D eigenvalue weighted by Gasteiger charge is -1.96. The number of benzene rings is 1. The summed E-state index contributed by atoms with van der Waals surface area (Å²) in [6.07, 6.45) is 1.93. The van der Waals surface area contributed by atoms with E-state index < -0.39 is 0 Å². The highest BCUT2D eigenvalue weighted by atomic mass is 79.9. The van der Waals surface area contributed by atoms with Crippen molar-refractivity contribution in [2.24, 2.45) is 12.8 Å². The molecule has 15 heavy (non-hydrogen) atoms. The number of hydrogen-bond acceptors (Lipinski definition) is 2. The summed E-state index contributed by atoms with van der Waals surface area (Å²) in [6, 6.07) is 6.24. The first-order valence-corrected chi connectivity index (χ1v) is 5.83. The lowest BCUT2D eigenvalue weighted by atomic mass is 10.1. The number of rotatable bonds is 3. The minimum Gasteiger partial charge on any atom is -0.330 e. The van der Waals surface area contributed by atoms with Gasteiger partial charge in [0.25, 0.3) is 0 Å². The van der Waals surface area contributed by atoms with E-state index >= 15 is 0 Å². The Balaban J connectivity index is 2.49. The molecular weight excluding hydrogens is 254 g/mol. The van der Waals surface area contributed by atoms with E-state index in [1.807, 2.05) is 17.8 Å². The molecule has 0 amide bonds. The molecule has 2 N–H and O–H groups in total. The maximum absolute atomic E-state index is 5.51. The van der Waals surface area contributed by atoms with Crippen molar-refractivity contribution >= 4 is 26.8 Å². The zero-order valence-corrected chi connectivity index (χ0v) is 10.3. The van der Waals surface area contributed by atoms with Crippen molar-refractivity contribution in [3.8, 4) is 0 Å². The third kappa shape index (κ3) is 2.06. The molecule has 1 aromatic carbocycles. The monoisotopic (exact) mass is 267 g/mol. The number of aromatic nitrogens is 2. The Bertz CT molecular complexity index is 476. The van der Waals surface area contributed by atoms with Gasteiger partial charge in [0.2, 0.25) is 0 Å². The second kappa shape index (κ2) is 4.33. The highest BCUT2D eigenvalue weighted by Crippen LogP contribution is 2.23. The molecule has 0 bridgehead atoms. The van der Waals surface area contributed by atoms with Gasteiger partial charge in [-0.15, -0.1) is 0 Å². The van der Waals surface area contributed by atoms with Gasteiger partial charge in [-0.2, -0.15) is 5.10 Å². The van der Waals surface area contributed by atoms with E-state index in [9.17, 15) is 0 Å². The topological polar surface area (TPSA) is 43.8 Å². The van der Waals surface area contributed by atoms with Crippen LogP contribution >= 0.6 is 15.9 Å². The molecule has 1 aromatic heterocycles. The second-order valence-corrected chi connectivity index (χ2v) is 4.54. The van der Waals surface area contributed by atoms with Crippen LogP contribution in [0.25, 0.3) is 10.9 Å². The van der Waals surface area contributed by atoms with Crippen LogP contribution in [0.4, 0.5) is 0 Å². The zero-order valence-electron chi connectivity index (χ0n) is 8.70. The predicted octanol–water partition coefficient (Wildman–Crippen LogP) is 2.23. The van der Waals surface area contributed by atoms with Gasteiger partial charge in [0.05, 0.1) is 11.2 Å². The summed E-state index contributed by atoms with van der Waals surface area (Å²) in [5.74, 6) is 0. The molecule has 2 aromatic rings. The maximum atomic E-state index is 5.51. The van der Waals surface area contributed by atoms with Gasteiger partial charge in [0, 0.05) is 16.9 Å². The summed E-state index contributed by atoms with van der Waals surface area (Å²) in [4.78, 5) is 0. The minimum atomic E-state index is 0.714. The van der Waals surface area contributed by atoms with Crippen molar-refractivity contribution in [3.05, 3.63) is 28.4 Å². The van der Waals surface area contributed by atoms with Crippen LogP contribution in [0.3, 0.4) is 0 Å². The van der Waals surface area contributed by atoms with E-state index in [0.29, 0.717) is 6.54 Å². The molecule has 0 saturated heterocycles. The van der Waals surface area contributed by atoms with Gasteiger partial charge in [-0.3, -0.25) is 4.68 Å². The van der Waals surface area contributed by atoms with Gasteiger partial charge in [0.15, 0.2) is 0 Å². The van der Waals surface area contributed by atoms with Gasteiger partial charge < -0.3 is 5.73 Å². The summed E-state index contributed by atoms with van der Waals surface area (Å²) >= 11 is 3.48. The summed E-state index contributed by atoms with van der Waals surface area (Å²) in [6.45, 7) is 0.714. The highest BCUT2D eigenvalue weighted by molar-refractivity contribution is 9.10. The molecule has 0 atom stereocenters. The molecule has 0 saturated carbocycles. The molecule has 3 nitrogen and oxygen atoms in total. The first-order chi connectivity index (χ1) is 7.22. The molecule has 0 fully saturated rings. The van der Waals surface area contributed by atoms with Crippen LogP contribution in [0.15, 0.2) is 22.7 Å². The summed E-state index contributed by atoms with van der Waals surface area (Å²) in [5.41, 5.74) is 7.82. The average Bonchev–Trinajstić information content (AvgIpc) is 2.52. The van der Waals surface area contributed by atoms with Crippen molar-refractivity contribution in [2.75, 3.05) is 6.54 Å². The standard InChI is InChI=1S/C11H14BrN3/c1-15-11-5-4-8(12)7-9(11)10(14-15)3-2-6-13/h4-5,7H,2-3,6,13H2,1H3. The van der Waals surface area contributed by atoms with E-state index in [2.05, 4.69) is 33.2 Å². The van der Waals surface area contributed by atoms with E-state index in [1.54, 1.807) is 0 Å². The number of nitrogens with zero attached hydrogens (tertiary/aromatic N) is 2. The molecule has 1 heterocycles. The highest BCUT2D eigenvalue weighted by Gasteiger charge is 2.07. The Morgan fingerprint density at radius 2 is 2.27 bits per heavy atom. The van der Waals surface area contributed by atoms with Crippen molar-refractivity contribution in [1.82, 2.24) is 9.78 Å². The SMILES string of the molecule is Cn1nc(CCCN)c2cc(Br)ccc21. The van der Waals surface area contributed by atoms with Crippen LogP contribution in [0.1, 0.15) is 12.1 Å². The zero-order chi connectivity index (χ0) is 10.8. The third-order valence-electron chi connectivity index (χ3n) is 2.51. The average molecular weight is 268 g/mol. The van der Waals surface area contributed by atoms with Gasteiger partial charge in [-0.25, -0.2) is 0 Å². The van der Waals surface area contributed by atoms with Crippen LogP contribution in [-0.4, -0.2) is 16.3 Å². The fourth-order valence-electron chi connectivity index (χ4n) is 1.76. The lowest BCUT2D eigenvalue weighted by Crippen LogP contribution is -2.01. The number of hydrogen-bond donors (Lipinski definition) is 1. The van der Waals surface area contributed by atoms with Crippen LogP contribution < -0.4 is 5.73 Å². The third-order valence-corrected chi connectivity index (χ3v) is 3.00. The van der Waals surface area contributed by atoms with Gasteiger partial charge in [-0.1, -0.05) is 15.9 Å². The molecule has 0 spiro atoms. The van der Waals surface area contributed by atoms with Crippen molar-refractivity contribution in [3.63, 3.8) is 0 Å². The Labute approximate surface area is 97.4 Å². The number of nitrogens with two attached hydrogens (primary N) is 1. The Morgan fingerprint density at radius 1 is 1.47 bits per heavy atom. The molecule has 0 aliphatic heterocycles. The molecule has 0 aliphatic carbocycles. The van der Waals surface area contributed by atoms with Gasteiger partial charge in [0.1, 0.15) is 0 Å². The molecule has 80 valence electrons. The van der Waals surface area contributed by atoms with E-state index in [4.69, 9.17) is 5.73 Å². The van der Waals surface area contributed by atoms with Crippen molar-refractivity contribution in [2.45, 2.75) is 12.8 Å². The fourth-order valence-corrected chi connectivity index (χ4v) is 2.13. The van der Waals surface area contributed by atoms with Gasteiger partial charge in [-0.05, 0) is 37.6 Å². The largest absolute Gasteiger partial charge is 0.330 e. The Morgan fingerprint density at radius 3 is 3.00 bits per heavy atom. The van der Waals surface area contributed by atoms with Crippen LogP contribution in [-0.2, 0) is 13.5 Å². The molecule has 4 heteroatoms. The predicted molar refractivity (Wildman–Crippen MR) is 65.8 cm³/mol. The molecule has 0 aliphatic rings. The first-order valence-electron chi connectivity index (χ1n) is 5.03. The van der Waals surface area contributed by atoms with E-state index in [0.717, 1.165) is 23.0 Å². The normalized spacial score (nSPS) is 11.1. The van der Waals surface area contributed by atoms with E-state index in [-0.39, 0.29) is 0 Å². The fraction of sp³-hybridized carbons (Fsp3) is 0.364.